The van der Waals surface area contributed by atoms with Crippen LogP contribution in [0.5, 0.6) is 0 Å². The van der Waals surface area contributed by atoms with Crippen molar-refractivity contribution in [3.05, 3.63) is 0 Å². The van der Waals surface area contributed by atoms with Gasteiger partial charge in [-0.25, -0.2) is 8.42 Å². The SMILES string of the molecule is COCC(=O)N1CCN(S(=O)(=O)CCCCCl)CC1. The zero-order valence-corrected chi connectivity index (χ0v) is 12.8. The normalized spacial score (nSPS) is 17.7. The van der Waals surface area contributed by atoms with Crippen molar-refractivity contribution in [3.63, 3.8) is 0 Å². The average Bonchev–Trinajstić information content (AvgIpc) is 2.39. The van der Waals surface area contributed by atoms with Crippen molar-refractivity contribution in [1.82, 2.24) is 9.21 Å². The topological polar surface area (TPSA) is 66.9 Å². The summed E-state index contributed by atoms with van der Waals surface area (Å²) >= 11 is 5.54. The van der Waals surface area contributed by atoms with Crippen LogP contribution in [0.3, 0.4) is 0 Å². The standard InChI is InChI=1S/C11H21ClN2O4S/c1-18-10-11(15)13-5-7-14(8-6-13)19(16,17)9-3-2-4-12/h2-10H2,1H3. The lowest BCUT2D eigenvalue weighted by molar-refractivity contribution is -0.136. The molecule has 0 spiro atoms. The van der Waals surface area contributed by atoms with Crippen molar-refractivity contribution in [2.24, 2.45) is 0 Å². The van der Waals surface area contributed by atoms with Crippen molar-refractivity contribution in [2.45, 2.75) is 12.8 Å². The number of amides is 1. The van der Waals surface area contributed by atoms with Gasteiger partial charge in [0.15, 0.2) is 0 Å². The molecule has 1 fully saturated rings. The van der Waals surface area contributed by atoms with E-state index in [1.165, 1.54) is 11.4 Å². The van der Waals surface area contributed by atoms with Crippen LogP contribution in [0.2, 0.25) is 0 Å². The summed E-state index contributed by atoms with van der Waals surface area (Å²) in [5, 5.41) is 0. The molecule has 0 aliphatic carbocycles. The summed E-state index contributed by atoms with van der Waals surface area (Å²) in [7, 11) is -1.74. The summed E-state index contributed by atoms with van der Waals surface area (Å²) in [6.45, 7) is 1.62. The molecule has 1 aliphatic heterocycles. The van der Waals surface area contributed by atoms with Crippen LogP contribution in [-0.2, 0) is 19.6 Å². The molecule has 0 saturated carbocycles. The first-order chi connectivity index (χ1) is 9.01. The molecule has 1 heterocycles. The van der Waals surface area contributed by atoms with Gasteiger partial charge in [-0.2, -0.15) is 4.31 Å². The van der Waals surface area contributed by atoms with Gasteiger partial charge in [-0.05, 0) is 12.8 Å². The van der Waals surface area contributed by atoms with Crippen molar-refractivity contribution in [3.8, 4) is 0 Å². The zero-order chi connectivity index (χ0) is 14.3. The number of hydrogen-bond donors (Lipinski definition) is 0. The fraction of sp³-hybridized carbons (Fsp3) is 0.909. The van der Waals surface area contributed by atoms with E-state index in [1.807, 2.05) is 0 Å². The third-order valence-corrected chi connectivity index (χ3v) is 5.26. The Labute approximate surface area is 119 Å². The van der Waals surface area contributed by atoms with Gasteiger partial charge in [-0.3, -0.25) is 4.79 Å². The summed E-state index contributed by atoms with van der Waals surface area (Å²) in [6.07, 6.45) is 1.28. The van der Waals surface area contributed by atoms with E-state index in [-0.39, 0.29) is 18.3 Å². The van der Waals surface area contributed by atoms with Gasteiger partial charge < -0.3 is 9.64 Å². The van der Waals surface area contributed by atoms with Gasteiger partial charge in [0, 0.05) is 39.2 Å². The molecule has 1 rings (SSSR count). The fourth-order valence-electron chi connectivity index (χ4n) is 1.94. The maximum Gasteiger partial charge on any atom is 0.248 e. The van der Waals surface area contributed by atoms with E-state index in [9.17, 15) is 13.2 Å². The number of rotatable bonds is 7. The van der Waals surface area contributed by atoms with E-state index < -0.39 is 10.0 Å². The average molecular weight is 313 g/mol. The van der Waals surface area contributed by atoms with Crippen LogP contribution in [-0.4, -0.2) is 75.1 Å². The summed E-state index contributed by atoms with van der Waals surface area (Å²) in [5.41, 5.74) is 0. The van der Waals surface area contributed by atoms with Gasteiger partial charge in [-0.1, -0.05) is 0 Å². The lowest BCUT2D eigenvalue weighted by Gasteiger charge is -2.33. The zero-order valence-electron chi connectivity index (χ0n) is 11.2. The minimum atomic E-state index is -3.21. The fourth-order valence-corrected chi connectivity index (χ4v) is 3.67. The summed E-state index contributed by atoms with van der Waals surface area (Å²) in [6, 6.07) is 0. The van der Waals surface area contributed by atoms with Crippen LogP contribution in [0.4, 0.5) is 0 Å². The van der Waals surface area contributed by atoms with Gasteiger partial charge in [0.1, 0.15) is 6.61 Å². The third kappa shape index (κ3) is 5.25. The van der Waals surface area contributed by atoms with Crippen LogP contribution in [0.25, 0.3) is 0 Å². The predicted molar refractivity (Wildman–Crippen MR) is 73.8 cm³/mol. The second kappa shape index (κ2) is 8.04. The molecule has 0 N–H and O–H groups in total. The second-order valence-corrected chi connectivity index (χ2v) is 6.89. The Morgan fingerprint density at radius 1 is 1.21 bits per heavy atom. The molecule has 112 valence electrons. The highest BCUT2D eigenvalue weighted by Gasteiger charge is 2.28. The maximum atomic E-state index is 12.0. The van der Waals surface area contributed by atoms with E-state index in [0.29, 0.717) is 44.9 Å². The Morgan fingerprint density at radius 2 is 1.84 bits per heavy atom. The van der Waals surface area contributed by atoms with E-state index in [2.05, 4.69) is 0 Å². The van der Waals surface area contributed by atoms with E-state index in [4.69, 9.17) is 16.3 Å². The summed E-state index contributed by atoms with van der Waals surface area (Å²) in [4.78, 5) is 13.2. The number of ether oxygens (including phenoxy) is 1. The molecule has 0 unspecified atom stereocenters. The monoisotopic (exact) mass is 312 g/mol. The van der Waals surface area contributed by atoms with Crippen LogP contribution >= 0.6 is 11.6 Å². The Kier molecular flexibility index (Phi) is 7.06. The molecular weight excluding hydrogens is 292 g/mol. The first kappa shape index (κ1) is 16.7. The molecule has 0 aromatic heterocycles. The number of alkyl halides is 1. The lowest BCUT2D eigenvalue weighted by atomic mass is 10.3. The molecule has 19 heavy (non-hydrogen) atoms. The molecule has 1 aliphatic rings. The molecule has 8 heteroatoms. The molecule has 0 radical (unpaired) electrons. The van der Waals surface area contributed by atoms with Crippen molar-refractivity contribution in [1.29, 1.82) is 0 Å². The highest BCUT2D eigenvalue weighted by Crippen LogP contribution is 2.10. The Hall–Kier alpha value is -0.370. The van der Waals surface area contributed by atoms with Gasteiger partial charge in [-0.15, -0.1) is 11.6 Å². The minimum Gasteiger partial charge on any atom is -0.375 e. The number of carbonyl (C=O) groups is 1. The molecule has 1 amide bonds. The largest absolute Gasteiger partial charge is 0.375 e. The number of nitrogens with zero attached hydrogens (tertiary/aromatic N) is 2. The van der Waals surface area contributed by atoms with Crippen molar-refractivity contribution < 1.29 is 17.9 Å². The summed E-state index contributed by atoms with van der Waals surface area (Å²) in [5.74, 6) is 0.516. The molecule has 0 atom stereocenters. The van der Waals surface area contributed by atoms with Gasteiger partial charge >= 0.3 is 0 Å². The maximum absolute atomic E-state index is 12.0. The molecule has 1 saturated heterocycles. The molecule has 0 aromatic carbocycles. The number of carbonyl (C=O) groups excluding carboxylic acids is 1. The first-order valence-corrected chi connectivity index (χ1v) is 8.46. The number of halogens is 1. The Morgan fingerprint density at radius 3 is 2.37 bits per heavy atom. The highest BCUT2D eigenvalue weighted by molar-refractivity contribution is 7.89. The van der Waals surface area contributed by atoms with Crippen LogP contribution in [0, 0.1) is 0 Å². The van der Waals surface area contributed by atoms with Crippen LogP contribution in [0.1, 0.15) is 12.8 Å². The van der Waals surface area contributed by atoms with E-state index >= 15 is 0 Å². The van der Waals surface area contributed by atoms with E-state index in [0.717, 1.165) is 0 Å². The van der Waals surface area contributed by atoms with E-state index in [1.54, 1.807) is 4.90 Å². The van der Waals surface area contributed by atoms with Crippen molar-refractivity contribution >= 4 is 27.5 Å². The quantitative estimate of drug-likeness (QED) is 0.495. The molecular formula is C11H21ClN2O4S. The lowest BCUT2D eigenvalue weighted by Crippen LogP contribution is -2.51. The molecule has 0 bridgehead atoms. The van der Waals surface area contributed by atoms with Crippen molar-refractivity contribution in [2.75, 3.05) is 51.5 Å². The van der Waals surface area contributed by atoms with Crippen LogP contribution < -0.4 is 0 Å². The summed E-state index contributed by atoms with van der Waals surface area (Å²) < 4.78 is 30.3. The first-order valence-electron chi connectivity index (χ1n) is 6.31. The number of hydrogen-bond acceptors (Lipinski definition) is 4. The Balaban J connectivity index is 2.42. The predicted octanol–water partition coefficient (Wildman–Crippen LogP) is 0.126. The van der Waals surface area contributed by atoms with Crippen LogP contribution in [0.15, 0.2) is 0 Å². The van der Waals surface area contributed by atoms with Gasteiger partial charge in [0.2, 0.25) is 15.9 Å². The third-order valence-electron chi connectivity index (χ3n) is 3.04. The molecule has 6 nitrogen and oxygen atoms in total. The van der Waals surface area contributed by atoms with Gasteiger partial charge in [0.05, 0.1) is 5.75 Å². The van der Waals surface area contributed by atoms with Gasteiger partial charge in [0.25, 0.3) is 0 Å². The Bertz CT molecular complexity index is 380. The number of piperazine rings is 1. The second-order valence-electron chi connectivity index (χ2n) is 4.42. The minimum absolute atomic E-state index is 0.0441. The number of unbranched alkanes of at least 4 members (excludes halogenated alkanes) is 1. The number of sulfonamides is 1. The molecule has 0 aromatic rings. The highest BCUT2D eigenvalue weighted by atomic mass is 35.5. The number of methoxy groups -OCH3 is 1. The smallest absolute Gasteiger partial charge is 0.248 e.